The molecule has 1 aromatic carbocycles. The summed E-state index contributed by atoms with van der Waals surface area (Å²) in [4.78, 5) is 11.8. The van der Waals surface area contributed by atoms with E-state index in [1.54, 1.807) is 12.1 Å². The first-order valence-corrected chi connectivity index (χ1v) is 6.43. The van der Waals surface area contributed by atoms with Crippen molar-refractivity contribution in [1.29, 1.82) is 0 Å². The molecule has 0 bridgehead atoms. The third kappa shape index (κ3) is 3.69. The van der Waals surface area contributed by atoms with Gasteiger partial charge >= 0.3 is 0 Å². The maximum Gasteiger partial charge on any atom is 0.252 e. The maximum absolute atomic E-state index is 11.8. The second-order valence-electron chi connectivity index (χ2n) is 3.16. The second kappa shape index (κ2) is 6.53. The molecule has 0 saturated heterocycles. The van der Waals surface area contributed by atoms with Crippen LogP contribution in [0.2, 0.25) is 0 Å². The average Bonchev–Trinajstić information content (AvgIpc) is 2.28. The normalized spacial score (nSPS) is 10.6. The van der Waals surface area contributed by atoms with Crippen LogP contribution in [0.25, 0.3) is 0 Å². The summed E-state index contributed by atoms with van der Waals surface area (Å²) in [5.41, 5.74) is 0.485. The molecule has 3 N–H and O–H groups in total. The highest BCUT2D eigenvalue weighted by Gasteiger charge is 2.14. The van der Waals surface area contributed by atoms with Gasteiger partial charge in [0.1, 0.15) is 0 Å². The van der Waals surface area contributed by atoms with Gasteiger partial charge in [-0.25, -0.2) is 0 Å². The number of carbonyl (C=O) groups is 1. The van der Waals surface area contributed by atoms with Gasteiger partial charge in [-0.1, -0.05) is 0 Å². The van der Waals surface area contributed by atoms with Gasteiger partial charge in [0.05, 0.1) is 24.8 Å². The van der Waals surface area contributed by atoms with Crippen LogP contribution in [0.3, 0.4) is 0 Å². The number of amides is 1. The quantitative estimate of drug-likeness (QED) is 0.665. The summed E-state index contributed by atoms with van der Waals surface area (Å²) in [6.45, 7) is -0.576. The number of hydrogen-bond donors (Lipinski definition) is 3. The Hall–Kier alpha value is -0.180. The van der Waals surface area contributed by atoms with Crippen molar-refractivity contribution in [2.24, 2.45) is 0 Å². The minimum absolute atomic E-state index is 0.288. The summed E-state index contributed by atoms with van der Waals surface area (Å²) in [6.07, 6.45) is 0. The van der Waals surface area contributed by atoms with Gasteiger partial charge in [0, 0.05) is 8.04 Å². The number of nitrogens with one attached hydrogen (secondary N) is 1. The number of halogens is 2. The van der Waals surface area contributed by atoms with Gasteiger partial charge in [-0.3, -0.25) is 4.79 Å². The van der Waals surface area contributed by atoms with E-state index in [0.29, 0.717) is 10.0 Å². The highest BCUT2D eigenvalue weighted by Crippen LogP contribution is 2.19. The molecule has 0 aliphatic carbocycles. The number of carbonyl (C=O) groups excluding carboxylic acids is 1. The fraction of sp³-hybridized carbons (Fsp3) is 0.300. The maximum atomic E-state index is 11.8. The number of hydrogen-bond acceptors (Lipinski definition) is 3. The topological polar surface area (TPSA) is 69.6 Å². The average molecular weight is 400 g/mol. The van der Waals surface area contributed by atoms with Gasteiger partial charge in [-0.15, -0.1) is 0 Å². The molecule has 0 heterocycles. The van der Waals surface area contributed by atoms with Gasteiger partial charge in [0.15, 0.2) is 0 Å². The van der Waals surface area contributed by atoms with Crippen molar-refractivity contribution >= 4 is 44.4 Å². The molecular formula is C10H11BrINO3. The van der Waals surface area contributed by atoms with E-state index in [1.165, 1.54) is 0 Å². The van der Waals surface area contributed by atoms with Crippen LogP contribution in [0.4, 0.5) is 0 Å². The Bertz CT molecular complexity index is 382. The van der Waals surface area contributed by atoms with Crippen molar-refractivity contribution in [1.82, 2.24) is 5.32 Å². The highest BCUT2D eigenvalue weighted by molar-refractivity contribution is 14.1. The molecule has 16 heavy (non-hydrogen) atoms. The Morgan fingerprint density at radius 1 is 1.44 bits per heavy atom. The third-order valence-electron chi connectivity index (χ3n) is 1.95. The molecule has 0 spiro atoms. The summed E-state index contributed by atoms with van der Waals surface area (Å²) >= 11 is 5.38. The van der Waals surface area contributed by atoms with Crippen LogP contribution in [0, 0.1) is 3.57 Å². The molecule has 0 saturated carbocycles. The predicted octanol–water partition coefficient (Wildman–Crippen LogP) is 1.14. The molecule has 1 amide bonds. The van der Waals surface area contributed by atoms with Gasteiger partial charge < -0.3 is 15.5 Å². The van der Waals surface area contributed by atoms with Gasteiger partial charge in [0.2, 0.25) is 0 Å². The zero-order valence-corrected chi connectivity index (χ0v) is 12.0. The number of rotatable bonds is 4. The van der Waals surface area contributed by atoms with Crippen molar-refractivity contribution in [3.8, 4) is 0 Å². The molecule has 0 radical (unpaired) electrons. The van der Waals surface area contributed by atoms with E-state index in [-0.39, 0.29) is 19.1 Å². The van der Waals surface area contributed by atoms with Crippen LogP contribution in [-0.2, 0) is 0 Å². The van der Waals surface area contributed by atoms with Crippen LogP contribution in [-0.4, -0.2) is 35.4 Å². The largest absolute Gasteiger partial charge is 0.394 e. The van der Waals surface area contributed by atoms with E-state index in [0.717, 1.165) is 3.57 Å². The Balaban J connectivity index is 2.83. The van der Waals surface area contributed by atoms with Crippen molar-refractivity contribution in [3.05, 3.63) is 31.8 Å². The lowest BCUT2D eigenvalue weighted by Crippen LogP contribution is -2.40. The van der Waals surface area contributed by atoms with E-state index in [4.69, 9.17) is 10.2 Å². The second-order valence-corrected chi connectivity index (χ2v) is 5.26. The molecule has 88 valence electrons. The lowest BCUT2D eigenvalue weighted by molar-refractivity contribution is 0.0878. The van der Waals surface area contributed by atoms with E-state index in [1.807, 2.05) is 6.07 Å². The summed E-state index contributed by atoms with van der Waals surface area (Å²) < 4.78 is 1.62. The summed E-state index contributed by atoms with van der Waals surface area (Å²) in [5, 5.41) is 20.2. The number of aliphatic hydroxyl groups is 2. The molecule has 6 heteroatoms. The van der Waals surface area contributed by atoms with E-state index >= 15 is 0 Å². The predicted molar refractivity (Wildman–Crippen MR) is 72.3 cm³/mol. The van der Waals surface area contributed by atoms with Crippen LogP contribution in [0.15, 0.2) is 22.7 Å². The molecule has 0 aromatic heterocycles. The molecular weight excluding hydrogens is 389 g/mol. The van der Waals surface area contributed by atoms with Gasteiger partial charge in [-0.05, 0) is 56.7 Å². The van der Waals surface area contributed by atoms with Gasteiger partial charge in [0.25, 0.3) is 5.91 Å². The van der Waals surface area contributed by atoms with Gasteiger partial charge in [-0.2, -0.15) is 0 Å². The van der Waals surface area contributed by atoms with Crippen LogP contribution in [0.1, 0.15) is 10.4 Å². The lowest BCUT2D eigenvalue weighted by Gasteiger charge is -2.14. The zero-order valence-electron chi connectivity index (χ0n) is 8.28. The van der Waals surface area contributed by atoms with Crippen LogP contribution >= 0.6 is 38.5 Å². The van der Waals surface area contributed by atoms with E-state index in [9.17, 15) is 4.79 Å². The first-order chi connectivity index (χ1) is 7.58. The van der Waals surface area contributed by atoms with Crippen LogP contribution in [0.5, 0.6) is 0 Å². The summed E-state index contributed by atoms with van der Waals surface area (Å²) in [7, 11) is 0. The Kier molecular flexibility index (Phi) is 5.67. The summed E-state index contributed by atoms with van der Waals surface area (Å²) in [5.74, 6) is -0.321. The lowest BCUT2D eigenvalue weighted by atomic mass is 10.2. The summed E-state index contributed by atoms with van der Waals surface area (Å²) in [6, 6.07) is 4.75. The zero-order chi connectivity index (χ0) is 12.1. The Labute approximate surface area is 115 Å². The highest BCUT2D eigenvalue weighted by atomic mass is 127. The Morgan fingerprint density at radius 2 is 2.06 bits per heavy atom. The minimum Gasteiger partial charge on any atom is -0.394 e. The van der Waals surface area contributed by atoms with Crippen molar-refractivity contribution in [2.75, 3.05) is 13.2 Å². The smallest absolute Gasteiger partial charge is 0.252 e. The monoisotopic (exact) mass is 399 g/mol. The number of benzene rings is 1. The fourth-order valence-corrected chi connectivity index (χ4v) is 2.00. The molecule has 0 aliphatic rings. The molecule has 0 aliphatic heterocycles. The molecule has 1 rings (SSSR count). The van der Waals surface area contributed by atoms with E-state index in [2.05, 4.69) is 43.8 Å². The van der Waals surface area contributed by atoms with Crippen molar-refractivity contribution in [2.45, 2.75) is 6.04 Å². The molecule has 0 atom stereocenters. The third-order valence-corrected chi connectivity index (χ3v) is 3.31. The molecule has 4 nitrogen and oxygen atoms in total. The van der Waals surface area contributed by atoms with E-state index < -0.39 is 6.04 Å². The Morgan fingerprint density at radius 3 is 2.62 bits per heavy atom. The standard InChI is InChI=1S/C10H11BrINO3/c11-9-2-1-6(12)3-8(9)10(16)13-7(4-14)5-15/h1-3,7,14-15H,4-5H2,(H,13,16). The molecule has 0 fully saturated rings. The number of aliphatic hydroxyl groups excluding tert-OH is 2. The first-order valence-electron chi connectivity index (χ1n) is 4.56. The SMILES string of the molecule is O=C(NC(CO)CO)c1cc(I)ccc1Br. The van der Waals surface area contributed by atoms with Crippen molar-refractivity contribution in [3.63, 3.8) is 0 Å². The fourth-order valence-electron chi connectivity index (χ4n) is 1.08. The molecule has 1 aromatic rings. The van der Waals surface area contributed by atoms with Crippen molar-refractivity contribution < 1.29 is 15.0 Å². The molecule has 0 unspecified atom stereocenters. The minimum atomic E-state index is -0.628. The van der Waals surface area contributed by atoms with Crippen LogP contribution < -0.4 is 5.32 Å². The first kappa shape index (κ1) is 13.9.